The van der Waals surface area contributed by atoms with E-state index in [-0.39, 0.29) is 35.5 Å². The number of carbonyl (C=O) groups excluding carboxylic acids is 4. The van der Waals surface area contributed by atoms with E-state index in [2.05, 4.69) is 0 Å². The summed E-state index contributed by atoms with van der Waals surface area (Å²) >= 11 is 2.65. The molecule has 14 heteroatoms. The minimum Gasteiger partial charge on any atom is -0.452 e. The van der Waals surface area contributed by atoms with Gasteiger partial charge in [0.1, 0.15) is 29.2 Å². The minimum atomic E-state index is -1.50. The SMILES string of the molecule is CC(=O)N(c1cccs1)C1C(=O)N2CC(COC(=O)Oc3ccc([N+](=O)[O-])cc3)(C(=O)OC(c3ccccc3)c3ccccc3)CS[C@H]12. The normalized spacial score (nSPS) is 19.9. The monoisotopic (exact) mass is 687 g/mol. The zero-order valence-electron chi connectivity index (χ0n) is 25.5. The molecule has 6 rings (SSSR count). The average Bonchev–Trinajstić information content (AvgIpc) is 3.64. The van der Waals surface area contributed by atoms with Crippen LogP contribution in [0.5, 0.6) is 5.75 Å². The number of nitro groups is 1. The van der Waals surface area contributed by atoms with Crippen LogP contribution in [0.4, 0.5) is 15.5 Å². The predicted molar refractivity (Wildman–Crippen MR) is 178 cm³/mol. The van der Waals surface area contributed by atoms with E-state index < -0.39 is 46.6 Å². The van der Waals surface area contributed by atoms with Crippen molar-refractivity contribution >= 4 is 57.7 Å². The van der Waals surface area contributed by atoms with Crippen molar-refractivity contribution in [2.24, 2.45) is 5.41 Å². The van der Waals surface area contributed by atoms with Crippen LogP contribution in [0.1, 0.15) is 24.2 Å². The van der Waals surface area contributed by atoms with Gasteiger partial charge in [-0.1, -0.05) is 60.7 Å². The predicted octanol–water partition coefficient (Wildman–Crippen LogP) is 5.83. The highest BCUT2D eigenvalue weighted by molar-refractivity contribution is 8.00. The third kappa shape index (κ3) is 6.62. The zero-order chi connectivity index (χ0) is 33.8. The third-order valence-corrected chi connectivity index (χ3v) is 10.5. The number of nitro benzene ring substituents is 1. The number of ether oxygens (including phenoxy) is 3. The second-order valence-corrected chi connectivity index (χ2v) is 13.3. The molecule has 0 N–H and O–H groups in total. The van der Waals surface area contributed by atoms with Gasteiger partial charge >= 0.3 is 12.1 Å². The topological polar surface area (TPSA) is 146 Å². The molecule has 4 aromatic rings. The van der Waals surface area contributed by atoms with Crippen molar-refractivity contribution in [3.63, 3.8) is 0 Å². The highest BCUT2D eigenvalue weighted by atomic mass is 32.2. The summed E-state index contributed by atoms with van der Waals surface area (Å²) in [6.07, 6.45) is -1.93. The number of nitrogens with zero attached hydrogens (tertiary/aromatic N) is 3. The number of non-ortho nitro benzene ring substituents is 1. The van der Waals surface area contributed by atoms with E-state index in [1.807, 2.05) is 66.0 Å². The highest BCUT2D eigenvalue weighted by Crippen LogP contribution is 2.46. The van der Waals surface area contributed by atoms with Gasteiger partial charge in [-0.15, -0.1) is 23.1 Å². The number of esters is 1. The number of thiophene rings is 1. The Morgan fingerprint density at radius 3 is 2.19 bits per heavy atom. The summed E-state index contributed by atoms with van der Waals surface area (Å²) in [5.74, 6) is -1.20. The van der Waals surface area contributed by atoms with Crippen molar-refractivity contribution in [1.29, 1.82) is 0 Å². The lowest BCUT2D eigenvalue weighted by molar-refractivity contribution is -0.384. The smallest absolute Gasteiger partial charge is 0.452 e. The third-order valence-electron chi connectivity index (χ3n) is 8.06. The standard InChI is InChI=1S/C34H29N3O9S2/c1-22(38)36(27-13-8-18-47-27)28-30(39)35-19-34(21-48-31(28)35,20-44-33(41)45-26-16-14-25(15-17-26)37(42)43)32(40)46-29(23-9-4-2-5-10-23)24-11-6-3-7-12-24/h2-18,28-29,31H,19-21H2,1H3/t28?,31-,34?/m1/s1. The Morgan fingerprint density at radius 1 is 0.979 bits per heavy atom. The largest absolute Gasteiger partial charge is 0.513 e. The zero-order valence-corrected chi connectivity index (χ0v) is 27.1. The van der Waals surface area contributed by atoms with Crippen molar-refractivity contribution < 1.29 is 38.3 Å². The molecule has 2 aliphatic heterocycles. The fraction of sp³-hybridized carbons (Fsp3) is 0.235. The first-order chi connectivity index (χ1) is 23.2. The van der Waals surface area contributed by atoms with Crippen molar-refractivity contribution in [2.75, 3.05) is 23.8 Å². The first-order valence-corrected chi connectivity index (χ1v) is 16.8. The summed E-state index contributed by atoms with van der Waals surface area (Å²) in [5, 5.41) is 13.0. The van der Waals surface area contributed by atoms with Gasteiger partial charge in [-0.25, -0.2) is 4.79 Å². The molecule has 0 spiro atoms. The number of hydrogen-bond donors (Lipinski definition) is 0. The molecular weight excluding hydrogens is 659 g/mol. The van der Waals surface area contributed by atoms with E-state index in [9.17, 15) is 29.3 Å². The van der Waals surface area contributed by atoms with Crippen LogP contribution in [0.3, 0.4) is 0 Å². The molecule has 246 valence electrons. The van der Waals surface area contributed by atoms with E-state index >= 15 is 0 Å². The summed E-state index contributed by atoms with van der Waals surface area (Å²) < 4.78 is 16.9. The van der Waals surface area contributed by atoms with Crippen LogP contribution in [0.2, 0.25) is 0 Å². The van der Waals surface area contributed by atoms with Gasteiger partial charge in [0.25, 0.3) is 5.69 Å². The van der Waals surface area contributed by atoms with E-state index in [0.29, 0.717) is 5.00 Å². The molecule has 3 atom stereocenters. The first kappa shape index (κ1) is 32.7. The molecule has 3 aromatic carbocycles. The van der Waals surface area contributed by atoms with Crippen LogP contribution >= 0.6 is 23.1 Å². The number of carbonyl (C=O) groups is 4. The number of amides is 2. The number of rotatable bonds is 10. The lowest BCUT2D eigenvalue weighted by Gasteiger charge is -2.56. The Morgan fingerprint density at radius 2 is 1.62 bits per heavy atom. The van der Waals surface area contributed by atoms with Crippen LogP contribution in [0.15, 0.2) is 102 Å². The second kappa shape index (κ2) is 13.9. The lowest BCUT2D eigenvalue weighted by atomic mass is 9.87. The molecule has 0 radical (unpaired) electrons. The van der Waals surface area contributed by atoms with Crippen LogP contribution in [0, 0.1) is 15.5 Å². The maximum atomic E-state index is 14.3. The number of anilines is 1. The fourth-order valence-corrected chi connectivity index (χ4v) is 8.02. The summed E-state index contributed by atoms with van der Waals surface area (Å²) in [6, 6.07) is 26.1. The van der Waals surface area contributed by atoms with E-state index in [4.69, 9.17) is 14.2 Å². The first-order valence-electron chi connectivity index (χ1n) is 14.8. The molecular formula is C34H29N3O9S2. The van der Waals surface area contributed by atoms with E-state index in [1.165, 1.54) is 64.1 Å². The average molecular weight is 688 g/mol. The van der Waals surface area contributed by atoms with E-state index in [1.54, 1.807) is 12.1 Å². The maximum absolute atomic E-state index is 14.3. The van der Waals surface area contributed by atoms with E-state index in [0.717, 1.165) is 11.1 Å². The molecule has 2 fully saturated rings. The van der Waals surface area contributed by atoms with Gasteiger partial charge in [-0.05, 0) is 40.8 Å². The summed E-state index contributed by atoms with van der Waals surface area (Å²) in [6.45, 7) is 0.794. The lowest BCUT2D eigenvalue weighted by Crippen LogP contribution is -2.74. The summed E-state index contributed by atoms with van der Waals surface area (Å²) in [4.78, 5) is 66.8. The second-order valence-electron chi connectivity index (χ2n) is 11.2. The molecule has 2 aliphatic rings. The minimum absolute atomic E-state index is 0.00666. The molecule has 12 nitrogen and oxygen atoms in total. The number of fused-ring (bicyclic) bond motifs is 1. The Bertz CT molecular complexity index is 1770. The van der Waals surface area contributed by atoms with Gasteiger partial charge < -0.3 is 19.1 Å². The van der Waals surface area contributed by atoms with Crippen molar-refractivity contribution in [2.45, 2.75) is 24.4 Å². The van der Waals surface area contributed by atoms with Crippen LogP contribution in [0.25, 0.3) is 0 Å². The molecule has 2 amide bonds. The molecule has 0 bridgehead atoms. The Hall–Kier alpha value is -5.21. The fourth-order valence-electron chi connectivity index (χ4n) is 5.65. The van der Waals surface area contributed by atoms with Crippen molar-refractivity contribution in [3.8, 4) is 5.75 Å². The molecule has 1 aromatic heterocycles. The molecule has 48 heavy (non-hydrogen) atoms. The molecule has 0 aliphatic carbocycles. The van der Waals surface area contributed by atoms with Gasteiger partial charge in [0.05, 0.1) is 9.92 Å². The van der Waals surface area contributed by atoms with Gasteiger partial charge in [-0.2, -0.15) is 0 Å². The Balaban J connectivity index is 1.25. The van der Waals surface area contributed by atoms with Crippen LogP contribution in [-0.2, 0) is 23.9 Å². The number of benzene rings is 3. The maximum Gasteiger partial charge on any atom is 0.513 e. The quantitative estimate of drug-likeness (QED) is 0.0657. The summed E-state index contributed by atoms with van der Waals surface area (Å²) in [5.41, 5.74) is -0.236. The Labute approximate surface area is 283 Å². The van der Waals surface area contributed by atoms with Gasteiger partial charge in [-0.3, -0.25) is 29.4 Å². The number of β-lactam (4-membered cyclic amide) rings is 1. The Kier molecular flexibility index (Phi) is 9.46. The summed E-state index contributed by atoms with van der Waals surface area (Å²) in [7, 11) is 0. The van der Waals surface area contributed by atoms with Crippen LogP contribution < -0.4 is 9.64 Å². The van der Waals surface area contributed by atoms with Crippen molar-refractivity contribution in [3.05, 3.63) is 124 Å². The van der Waals surface area contributed by atoms with Crippen molar-refractivity contribution in [1.82, 2.24) is 4.90 Å². The highest BCUT2D eigenvalue weighted by Gasteiger charge is 2.60. The van der Waals surface area contributed by atoms with Gasteiger partial charge in [0.15, 0.2) is 6.10 Å². The van der Waals surface area contributed by atoms with Crippen LogP contribution in [-0.4, -0.2) is 64.1 Å². The molecule has 0 saturated carbocycles. The number of hydrogen-bond acceptors (Lipinski definition) is 11. The molecule has 3 heterocycles. The van der Waals surface area contributed by atoms with Gasteiger partial charge in [0, 0.05) is 31.4 Å². The van der Waals surface area contributed by atoms with Gasteiger partial charge in [0.2, 0.25) is 11.8 Å². The molecule has 2 unspecified atom stereocenters. The molecule has 2 saturated heterocycles. The number of thioether (sulfide) groups is 1.